The van der Waals surface area contributed by atoms with Gasteiger partial charge in [0.15, 0.2) is 11.6 Å². The van der Waals surface area contributed by atoms with Gasteiger partial charge in [-0.2, -0.15) is 23.7 Å². The van der Waals surface area contributed by atoms with Crippen molar-refractivity contribution in [1.29, 1.82) is 10.5 Å². The molecule has 0 fully saturated rings. The van der Waals surface area contributed by atoms with Gasteiger partial charge in [0.1, 0.15) is 34.9 Å². The van der Waals surface area contributed by atoms with E-state index in [0.29, 0.717) is 74.0 Å². The first-order valence-electron chi connectivity index (χ1n) is 19.6. The number of para-hydroxylation sites is 2. The van der Waals surface area contributed by atoms with Crippen LogP contribution in [0.15, 0.2) is 115 Å². The summed E-state index contributed by atoms with van der Waals surface area (Å²) in [7, 11) is 0. The van der Waals surface area contributed by atoms with Crippen molar-refractivity contribution < 1.29 is 13.2 Å². The summed E-state index contributed by atoms with van der Waals surface area (Å²) in [5.74, 6) is 3.19. The molecule has 0 unspecified atom stereocenters. The summed E-state index contributed by atoms with van der Waals surface area (Å²) in [4.78, 5) is 27.2. The van der Waals surface area contributed by atoms with Gasteiger partial charge < -0.3 is 9.13 Å². The first-order chi connectivity index (χ1) is 29.9. The van der Waals surface area contributed by atoms with Gasteiger partial charge >= 0.3 is 6.18 Å². The number of nitrogens with zero attached hydrogens (tertiary/aromatic N) is 10. The normalized spacial score (nSPS) is 11.8. The zero-order chi connectivity index (χ0) is 43.0. The van der Waals surface area contributed by atoms with E-state index < -0.39 is 11.7 Å². The smallest absolute Gasteiger partial charge is 0.308 e. The highest BCUT2D eigenvalue weighted by Crippen LogP contribution is 2.42. The van der Waals surface area contributed by atoms with E-state index >= 15 is 0 Å². The molecular weight excluding hydrogens is 786 g/mol. The lowest BCUT2D eigenvalue weighted by atomic mass is 9.96. The molecule has 0 bridgehead atoms. The van der Waals surface area contributed by atoms with Gasteiger partial charge in [0.25, 0.3) is 0 Å². The van der Waals surface area contributed by atoms with E-state index in [2.05, 4.69) is 36.0 Å². The summed E-state index contributed by atoms with van der Waals surface area (Å²) in [5.41, 5.74) is 4.82. The SMILES string of the molecule is Cc1nc(C)nc(-c2ccc3c4ccccc4n(-c4cc(-c5cc(C#N)cc(C(F)(F)F)c5)cc(-n5c6ccccc6c6ccc(-c7nc(C)nc(C)n7)cc65)c4C#N)c3c2)n1. The second-order valence-corrected chi connectivity index (χ2v) is 15.1. The van der Waals surface area contributed by atoms with Gasteiger partial charge in [0.05, 0.1) is 50.6 Å². The molecule has 0 saturated heterocycles. The lowest BCUT2D eigenvalue weighted by Crippen LogP contribution is -2.07. The number of hydrogen-bond donors (Lipinski definition) is 0. The second kappa shape index (κ2) is 14.2. The number of halogens is 3. The summed E-state index contributed by atoms with van der Waals surface area (Å²) >= 11 is 0. The van der Waals surface area contributed by atoms with Gasteiger partial charge in [0, 0.05) is 32.7 Å². The molecule has 0 atom stereocenters. The Labute approximate surface area is 351 Å². The number of nitriles is 2. The molecule has 0 amide bonds. The van der Waals surface area contributed by atoms with Crippen LogP contribution in [0.5, 0.6) is 0 Å². The second-order valence-electron chi connectivity index (χ2n) is 15.1. The fraction of sp³-hybridized carbons (Fsp3) is 0.102. The zero-order valence-corrected chi connectivity index (χ0v) is 33.6. The third-order valence-electron chi connectivity index (χ3n) is 11.0. The quantitative estimate of drug-likeness (QED) is 0.168. The Morgan fingerprint density at radius 1 is 0.452 bits per heavy atom. The number of alkyl halides is 3. The maximum atomic E-state index is 14.5. The predicted octanol–water partition coefficient (Wildman–Crippen LogP) is 11.2. The number of fused-ring (bicyclic) bond motifs is 6. The lowest BCUT2D eigenvalue weighted by Gasteiger charge is -2.19. The Bertz CT molecular complexity index is 3370. The highest BCUT2D eigenvalue weighted by molar-refractivity contribution is 6.12. The van der Waals surface area contributed by atoms with Crippen LogP contribution in [0.4, 0.5) is 13.2 Å². The van der Waals surface area contributed by atoms with Crippen LogP contribution in [0, 0.1) is 50.4 Å². The number of rotatable bonds is 5. The van der Waals surface area contributed by atoms with Crippen molar-refractivity contribution in [2.75, 3.05) is 0 Å². The van der Waals surface area contributed by atoms with E-state index in [1.54, 1.807) is 39.8 Å². The minimum atomic E-state index is -4.73. The molecular formula is C49H31F3N10. The summed E-state index contributed by atoms with van der Waals surface area (Å²) in [6.45, 7) is 7.20. The summed E-state index contributed by atoms with van der Waals surface area (Å²) in [5, 5.41) is 25.0. The van der Waals surface area contributed by atoms with Gasteiger partial charge in [-0.1, -0.05) is 60.7 Å². The minimum Gasteiger partial charge on any atom is -0.308 e. The molecule has 0 aliphatic carbocycles. The molecule has 0 N–H and O–H groups in total. The molecule has 10 rings (SSSR count). The molecule has 0 radical (unpaired) electrons. The fourth-order valence-corrected chi connectivity index (χ4v) is 8.50. The number of aromatic nitrogens is 8. The summed E-state index contributed by atoms with van der Waals surface area (Å²) in [6.07, 6.45) is -4.73. The van der Waals surface area contributed by atoms with Gasteiger partial charge in [-0.3, -0.25) is 0 Å². The van der Waals surface area contributed by atoms with Crippen LogP contribution in [-0.2, 0) is 6.18 Å². The van der Waals surface area contributed by atoms with Crippen LogP contribution >= 0.6 is 0 Å². The molecule has 298 valence electrons. The molecule has 6 aromatic carbocycles. The van der Waals surface area contributed by atoms with Gasteiger partial charge in [-0.25, -0.2) is 29.9 Å². The van der Waals surface area contributed by atoms with Crippen LogP contribution < -0.4 is 0 Å². The number of aryl methyl sites for hydroxylation is 4. The summed E-state index contributed by atoms with van der Waals surface area (Å²) < 4.78 is 47.4. The van der Waals surface area contributed by atoms with Crippen LogP contribution in [0.25, 0.3) is 88.9 Å². The van der Waals surface area contributed by atoms with Gasteiger partial charge in [-0.05, 0) is 93.4 Å². The van der Waals surface area contributed by atoms with E-state index in [1.165, 1.54) is 6.07 Å². The molecule has 4 heterocycles. The van der Waals surface area contributed by atoms with Crippen molar-refractivity contribution >= 4 is 43.6 Å². The van der Waals surface area contributed by atoms with E-state index in [4.69, 9.17) is 0 Å². The average molecular weight is 817 g/mol. The van der Waals surface area contributed by atoms with Crippen molar-refractivity contribution in [3.63, 3.8) is 0 Å². The zero-order valence-electron chi connectivity index (χ0n) is 33.6. The Balaban J connectivity index is 1.36. The van der Waals surface area contributed by atoms with Crippen LogP contribution in [0.2, 0.25) is 0 Å². The Morgan fingerprint density at radius 2 is 0.887 bits per heavy atom. The molecule has 10 nitrogen and oxygen atoms in total. The van der Waals surface area contributed by atoms with Gasteiger partial charge in [-0.15, -0.1) is 0 Å². The fourth-order valence-electron chi connectivity index (χ4n) is 8.50. The molecule has 0 saturated carbocycles. The Morgan fingerprint density at radius 3 is 1.32 bits per heavy atom. The van der Waals surface area contributed by atoms with Gasteiger partial charge in [0.2, 0.25) is 0 Å². The molecule has 10 aromatic rings. The van der Waals surface area contributed by atoms with Crippen LogP contribution in [0.1, 0.15) is 40.0 Å². The Hall–Kier alpha value is -8.29. The van der Waals surface area contributed by atoms with Crippen molar-refractivity contribution in [2.24, 2.45) is 0 Å². The maximum Gasteiger partial charge on any atom is 0.416 e. The molecule has 0 aliphatic heterocycles. The number of hydrogen-bond acceptors (Lipinski definition) is 8. The molecule has 13 heteroatoms. The molecule has 62 heavy (non-hydrogen) atoms. The minimum absolute atomic E-state index is 0.151. The standard InChI is InChI=1S/C49H31F3N10/c1-26-55-27(2)58-47(57-26)31-13-15-38-36-9-5-7-11-41(36)61(43(38)20-31)45-22-34(33-17-30(24-53)18-35(19-33)49(50,51)52)23-46(40(45)25-54)62-42-12-8-6-10-37(42)39-16-14-32(21-44(39)62)48-59-28(3)56-29(4)60-48/h5-23H,1-4H3. The van der Waals surface area contributed by atoms with Crippen molar-refractivity contribution in [3.8, 4) is 57.4 Å². The third kappa shape index (κ3) is 6.26. The molecule has 0 aliphatic rings. The van der Waals surface area contributed by atoms with Crippen LogP contribution in [0.3, 0.4) is 0 Å². The summed E-state index contributed by atoms with van der Waals surface area (Å²) in [6, 6.07) is 38.5. The first-order valence-corrected chi connectivity index (χ1v) is 19.6. The maximum absolute atomic E-state index is 14.5. The monoisotopic (exact) mass is 816 g/mol. The van der Waals surface area contributed by atoms with Crippen molar-refractivity contribution in [3.05, 3.63) is 155 Å². The van der Waals surface area contributed by atoms with E-state index in [9.17, 15) is 23.7 Å². The highest BCUT2D eigenvalue weighted by atomic mass is 19.4. The average Bonchev–Trinajstić information content (AvgIpc) is 3.76. The molecule has 4 aromatic heterocycles. The predicted molar refractivity (Wildman–Crippen MR) is 232 cm³/mol. The lowest BCUT2D eigenvalue weighted by molar-refractivity contribution is -0.137. The largest absolute Gasteiger partial charge is 0.416 e. The van der Waals surface area contributed by atoms with E-state index in [-0.39, 0.29) is 16.7 Å². The number of benzene rings is 6. The van der Waals surface area contributed by atoms with E-state index in [1.807, 2.05) is 100 Å². The van der Waals surface area contributed by atoms with Crippen molar-refractivity contribution in [2.45, 2.75) is 33.9 Å². The topological polar surface area (TPSA) is 135 Å². The Kier molecular flexibility index (Phi) is 8.68. The molecule has 0 spiro atoms. The third-order valence-corrected chi connectivity index (χ3v) is 11.0. The first kappa shape index (κ1) is 37.9. The van der Waals surface area contributed by atoms with E-state index in [0.717, 1.165) is 44.7 Å². The van der Waals surface area contributed by atoms with Crippen LogP contribution in [-0.4, -0.2) is 39.0 Å². The van der Waals surface area contributed by atoms with Crippen molar-refractivity contribution in [1.82, 2.24) is 39.0 Å². The highest BCUT2D eigenvalue weighted by Gasteiger charge is 2.32.